The lowest BCUT2D eigenvalue weighted by atomic mass is 10.1. The van der Waals surface area contributed by atoms with Crippen molar-refractivity contribution < 1.29 is 4.79 Å². The molecule has 6 nitrogen and oxygen atoms in total. The summed E-state index contributed by atoms with van der Waals surface area (Å²) >= 11 is 5.13. The van der Waals surface area contributed by atoms with E-state index in [9.17, 15) is 9.59 Å². The van der Waals surface area contributed by atoms with E-state index in [0.29, 0.717) is 21.2 Å². The van der Waals surface area contributed by atoms with Gasteiger partial charge in [0.1, 0.15) is 0 Å². The van der Waals surface area contributed by atoms with E-state index in [1.54, 1.807) is 25.2 Å². The molecule has 0 aliphatic carbocycles. The fourth-order valence-electron chi connectivity index (χ4n) is 2.84. The highest BCUT2D eigenvalue weighted by atomic mass is 32.1. The van der Waals surface area contributed by atoms with Gasteiger partial charge in [-0.05, 0) is 48.6 Å². The summed E-state index contributed by atoms with van der Waals surface area (Å²) in [4.78, 5) is 30.9. The number of aromatic nitrogens is 3. The van der Waals surface area contributed by atoms with Crippen molar-refractivity contribution in [2.24, 2.45) is 7.05 Å². The number of hydrogen-bond acceptors (Lipinski definition) is 3. The minimum Gasteiger partial charge on any atom is -0.361 e. The van der Waals surface area contributed by atoms with Crippen LogP contribution in [0.15, 0.2) is 53.5 Å². The molecular weight excluding hydrogens is 336 g/mol. The first-order valence-corrected chi connectivity index (χ1v) is 8.06. The standard InChI is InChI=1S/C18H14N4O2S/c1-22-17(24)12-6-5-10(9-15(12)21-18(22)25)16(23)20-14-4-2-3-13-11(14)7-8-19-13/h2-9,19H,1H3,(H,20,23)(H,21,25). The number of anilines is 1. The average Bonchev–Trinajstić information content (AvgIpc) is 3.09. The van der Waals surface area contributed by atoms with E-state index < -0.39 is 0 Å². The Morgan fingerprint density at radius 2 is 1.96 bits per heavy atom. The molecule has 3 N–H and O–H groups in total. The van der Waals surface area contributed by atoms with Crippen LogP contribution in [-0.4, -0.2) is 20.4 Å². The summed E-state index contributed by atoms with van der Waals surface area (Å²) < 4.78 is 1.68. The van der Waals surface area contributed by atoms with Crippen LogP contribution >= 0.6 is 12.2 Å². The molecule has 4 aromatic rings. The number of H-pyrrole nitrogens is 2. The molecule has 124 valence electrons. The van der Waals surface area contributed by atoms with Gasteiger partial charge in [0.05, 0.1) is 16.6 Å². The average molecular weight is 350 g/mol. The second-order valence-corrected chi connectivity index (χ2v) is 6.14. The van der Waals surface area contributed by atoms with Crippen molar-refractivity contribution >= 4 is 45.6 Å². The molecule has 2 heterocycles. The van der Waals surface area contributed by atoms with E-state index in [1.165, 1.54) is 4.57 Å². The third-order valence-corrected chi connectivity index (χ3v) is 4.58. The molecule has 0 radical (unpaired) electrons. The summed E-state index contributed by atoms with van der Waals surface area (Å²) in [6.07, 6.45) is 1.83. The second-order valence-electron chi connectivity index (χ2n) is 5.75. The Bertz CT molecular complexity index is 1250. The van der Waals surface area contributed by atoms with Crippen molar-refractivity contribution in [1.82, 2.24) is 14.5 Å². The topological polar surface area (TPSA) is 82.7 Å². The van der Waals surface area contributed by atoms with Crippen molar-refractivity contribution in [3.8, 4) is 0 Å². The Hall–Kier alpha value is -3.19. The lowest BCUT2D eigenvalue weighted by Gasteiger charge is -2.08. The summed E-state index contributed by atoms with van der Waals surface area (Å²) in [5.74, 6) is -0.254. The van der Waals surface area contributed by atoms with Gasteiger partial charge in [-0.1, -0.05) is 6.07 Å². The van der Waals surface area contributed by atoms with E-state index >= 15 is 0 Å². The molecule has 0 aliphatic rings. The maximum Gasteiger partial charge on any atom is 0.261 e. The highest BCUT2D eigenvalue weighted by Gasteiger charge is 2.11. The van der Waals surface area contributed by atoms with Gasteiger partial charge in [-0.2, -0.15) is 0 Å². The number of nitrogens with zero attached hydrogens (tertiary/aromatic N) is 1. The zero-order chi connectivity index (χ0) is 17.6. The molecule has 1 amide bonds. The number of rotatable bonds is 2. The van der Waals surface area contributed by atoms with Crippen LogP contribution in [0, 0.1) is 4.77 Å². The second kappa shape index (κ2) is 5.71. The smallest absolute Gasteiger partial charge is 0.261 e. The van der Waals surface area contributed by atoms with Crippen LogP contribution in [-0.2, 0) is 7.05 Å². The fourth-order valence-corrected chi connectivity index (χ4v) is 3.03. The van der Waals surface area contributed by atoms with Gasteiger partial charge in [0.25, 0.3) is 11.5 Å². The van der Waals surface area contributed by atoms with Crippen LogP contribution in [0.5, 0.6) is 0 Å². The first-order valence-electron chi connectivity index (χ1n) is 7.65. The monoisotopic (exact) mass is 350 g/mol. The molecule has 0 unspecified atom stereocenters. The molecule has 7 heteroatoms. The highest BCUT2D eigenvalue weighted by Crippen LogP contribution is 2.23. The van der Waals surface area contributed by atoms with Gasteiger partial charge in [0.15, 0.2) is 4.77 Å². The molecule has 25 heavy (non-hydrogen) atoms. The van der Waals surface area contributed by atoms with Crippen molar-refractivity contribution in [2.45, 2.75) is 0 Å². The van der Waals surface area contributed by atoms with Gasteiger partial charge < -0.3 is 15.3 Å². The lowest BCUT2D eigenvalue weighted by Crippen LogP contribution is -2.19. The SMILES string of the molecule is Cn1c(=S)[nH]c2cc(C(=O)Nc3cccc4[nH]ccc34)ccc2c1=O. The van der Waals surface area contributed by atoms with Crippen LogP contribution in [0.4, 0.5) is 5.69 Å². The van der Waals surface area contributed by atoms with Gasteiger partial charge in [-0.3, -0.25) is 14.2 Å². The Morgan fingerprint density at radius 3 is 2.80 bits per heavy atom. The van der Waals surface area contributed by atoms with E-state index in [4.69, 9.17) is 12.2 Å². The molecule has 0 atom stereocenters. The number of hydrogen-bond donors (Lipinski definition) is 3. The number of amides is 1. The molecule has 2 aromatic carbocycles. The molecule has 0 aliphatic heterocycles. The minimum atomic E-state index is -0.254. The Labute approximate surface area is 147 Å². The maximum absolute atomic E-state index is 12.6. The summed E-state index contributed by atoms with van der Waals surface area (Å²) in [7, 11) is 1.61. The molecule has 2 aromatic heterocycles. The number of benzene rings is 2. The van der Waals surface area contributed by atoms with Crippen LogP contribution in [0.2, 0.25) is 0 Å². The highest BCUT2D eigenvalue weighted by molar-refractivity contribution is 7.71. The summed E-state index contributed by atoms with van der Waals surface area (Å²) in [5.41, 5.74) is 2.46. The van der Waals surface area contributed by atoms with E-state index in [2.05, 4.69) is 15.3 Å². The van der Waals surface area contributed by atoms with Gasteiger partial charge in [-0.25, -0.2) is 0 Å². The predicted octanol–water partition coefficient (Wildman–Crippen LogP) is 3.33. The third-order valence-electron chi connectivity index (χ3n) is 4.21. The summed E-state index contributed by atoms with van der Waals surface area (Å²) in [6, 6.07) is 12.5. The Morgan fingerprint density at radius 1 is 1.12 bits per heavy atom. The van der Waals surface area contributed by atoms with Crippen LogP contribution in [0.25, 0.3) is 21.8 Å². The molecule has 0 saturated heterocycles. The van der Waals surface area contributed by atoms with Crippen LogP contribution < -0.4 is 10.9 Å². The largest absolute Gasteiger partial charge is 0.361 e. The Balaban J connectivity index is 1.75. The predicted molar refractivity (Wildman–Crippen MR) is 101 cm³/mol. The van der Waals surface area contributed by atoms with Crippen LogP contribution in [0.3, 0.4) is 0 Å². The van der Waals surface area contributed by atoms with E-state index in [1.807, 2.05) is 30.5 Å². The summed E-state index contributed by atoms with van der Waals surface area (Å²) in [6.45, 7) is 0. The normalized spacial score (nSPS) is 11.1. The van der Waals surface area contributed by atoms with Gasteiger partial charge in [0.2, 0.25) is 0 Å². The molecule has 0 spiro atoms. The first-order chi connectivity index (χ1) is 12.0. The van der Waals surface area contributed by atoms with Crippen LogP contribution in [0.1, 0.15) is 10.4 Å². The first kappa shape index (κ1) is 15.3. The lowest BCUT2D eigenvalue weighted by molar-refractivity contribution is 0.102. The number of aromatic amines is 2. The molecule has 0 bridgehead atoms. The molecule has 0 fully saturated rings. The molecular formula is C18H14N4O2S. The zero-order valence-corrected chi connectivity index (χ0v) is 14.1. The quantitative estimate of drug-likeness (QED) is 0.485. The van der Waals surface area contributed by atoms with Crippen molar-refractivity contribution in [3.63, 3.8) is 0 Å². The van der Waals surface area contributed by atoms with Gasteiger partial charge in [0, 0.05) is 29.7 Å². The molecule has 0 saturated carbocycles. The minimum absolute atomic E-state index is 0.192. The van der Waals surface area contributed by atoms with Gasteiger partial charge in [-0.15, -0.1) is 0 Å². The van der Waals surface area contributed by atoms with Gasteiger partial charge >= 0.3 is 0 Å². The molecule has 4 rings (SSSR count). The fraction of sp³-hybridized carbons (Fsp3) is 0.0556. The zero-order valence-electron chi connectivity index (χ0n) is 13.3. The van der Waals surface area contributed by atoms with Crippen molar-refractivity contribution in [1.29, 1.82) is 0 Å². The van der Waals surface area contributed by atoms with E-state index in [0.717, 1.165) is 16.6 Å². The third kappa shape index (κ3) is 2.54. The number of carbonyl (C=O) groups is 1. The number of carbonyl (C=O) groups excluding carboxylic acids is 1. The summed E-state index contributed by atoms with van der Waals surface area (Å²) in [5, 5.41) is 4.33. The van der Waals surface area contributed by atoms with Crippen molar-refractivity contribution in [2.75, 3.05) is 5.32 Å². The maximum atomic E-state index is 12.6. The Kier molecular flexibility index (Phi) is 3.51. The van der Waals surface area contributed by atoms with E-state index in [-0.39, 0.29) is 11.5 Å². The van der Waals surface area contributed by atoms with Crippen molar-refractivity contribution in [3.05, 3.63) is 69.3 Å². The number of nitrogens with one attached hydrogen (secondary N) is 3. The number of fused-ring (bicyclic) bond motifs is 2.